The van der Waals surface area contributed by atoms with E-state index in [0.717, 1.165) is 58.4 Å². The lowest BCUT2D eigenvalue weighted by molar-refractivity contribution is -0.123. The average Bonchev–Trinajstić information content (AvgIpc) is 2.63. The Hall–Kier alpha value is -1.33. The van der Waals surface area contributed by atoms with E-state index in [9.17, 15) is 9.18 Å². The Morgan fingerprint density at radius 3 is 2.48 bits per heavy atom. The average molecular weight is 368 g/mol. The maximum atomic E-state index is 14.0. The predicted octanol–water partition coefficient (Wildman–Crippen LogP) is 3.28. The van der Waals surface area contributed by atoms with Gasteiger partial charge in [-0.1, -0.05) is 11.6 Å². The molecule has 1 aromatic carbocycles. The van der Waals surface area contributed by atoms with Crippen molar-refractivity contribution in [3.05, 3.63) is 29.0 Å². The van der Waals surface area contributed by atoms with Crippen LogP contribution in [0.5, 0.6) is 0 Å². The van der Waals surface area contributed by atoms with Gasteiger partial charge in [-0.3, -0.25) is 9.69 Å². The Balaban J connectivity index is 1.41. The molecule has 3 rings (SSSR count). The molecule has 1 amide bonds. The second-order valence-electron chi connectivity index (χ2n) is 7.33. The molecule has 2 aliphatic rings. The summed E-state index contributed by atoms with van der Waals surface area (Å²) in [5, 5.41) is 0.574. The van der Waals surface area contributed by atoms with Crippen molar-refractivity contribution >= 4 is 23.2 Å². The molecule has 2 N–H and O–H groups in total. The van der Waals surface area contributed by atoms with E-state index in [2.05, 4.69) is 9.80 Å². The molecule has 1 saturated heterocycles. The van der Waals surface area contributed by atoms with Crippen LogP contribution in [0, 0.1) is 17.7 Å². The first kappa shape index (κ1) is 18.5. The number of carbonyl (C=O) groups excluding carboxylic acids is 1. The van der Waals surface area contributed by atoms with Crippen LogP contribution < -0.4 is 10.6 Å². The van der Waals surface area contributed by atoms with Gasteiger partial charge in [0.25, 0.3) is 0 Å². The molecule has 0 bridgehead atoms. The lowest BCUT2D eigenvalue weighted by Crippen LogP contribution is -2.47. The lowest BCUT2D eigenvalue weighted by atomic mass is 9.80. The van der Waals surface area contributed by atoms with Crippen LogP contribution in [0.1, 0.15) is 32.1 Å². The van der Waals surface area contributed by atoms with E-state index in [0.29, 0.717) is 16.6 Å². The Labute approximate surface area is 154 Å². The van der Waals surface area contributed by atoms with E-state index >= 15 is 0 Å². The first-order chi connectivity index (χ1) is 12.0. The number of rotatable bonds is 5. The molecule has 1 saturated carbocycles. The van der Waals surface area contributed by atoms with Crippen LogP contribution in [-0.2, 0) is 4.79 Å². The van der Waals surface area contributed by atoms with Gasteiger partial charge < -0.3 is 10.6 Å². The summed E-state index contributed by atoms with van der Waals surface area (Å²) in [4.78, 5) is 15.8. The summed E-state index contributed by atoms with van der Waals surface area (Å²) < 4.78 is 14.0. The van der Waals surface area contributed by atoms with Crippen LogP contribution in [-0.4, -0.2) is 43.5 Å². The molecule has 25 heavy (non-hydrogen) atoms. The molecule has 1 aliphatic carbocycles. The number of carbonyl (C=O) groups is 1. The van der Waals surface area contributed by atoms with Gasteiger partial charge in [0.1, 0.15) is 5.82 Å². The SMILES string of the molecule is NC(=O)C1CCC(CCN2CCN(c3cc(Cl)ccc3F)CC2)CC1. The zero-order valence-electron chi connectivity index (χ0n) is 14.6. The minimum absolute atomic E-state index is 0.0902. The monoisotopic (exact) mass is 367 g/mol. The van der Waals surface area contributed by atoms with Crippen molar-refractivity contribution in [2.24, 2.45) is 17.6 Å². The van der Waals surface area contributed by atoms with Crippen molar-refractivity contribution < 1.29 is 9.18 Å². The summed E-state index contributed by atoms with van der Waals surface area (Å²) in [6, 6.07) is 4.74. The highest BCUT2D eigenvalue weighted by Gasteiger charge is 2.25. The van der Waals surface area contributed by atoms with Gasteiger partial charge >= 0.3 is 0 Å². The standard InChI is InChI=1S/C19H27ClFN3O/c20-16-5-6-17(21)18(13-16)24-11-9-23(10-12-24)8-7-14-1-3-15(4-2-14)19(22)25/h5-6,13-15H,1-4,7-12H2,(H2,22,25). The van der Waals surface area contributed by atoms with Gasteiger partial charge in [0.15, 0.2) is 0 Å². The lowest BCUT2D eigenvalue weighted by Gasteiger charge is -2.37. The number of hydrogen-bond donors (Lipinski definition) is 1. The number of nitrogens with two attached hydrogens (primary N) is 1. The van der Waals surface area contributed by atoms with Crippen LogP contribution >= 0.6 is 11.6 Å². The predicted molar refractivity (Wildman–Crippen MR) is 99.3 cm³/mol. The van der Waals surface area contributed by atoms with Crippen molar-refractivity contribution in [1.29, 1.82) is 0 Å². The molecular weight excluding hydrogens is 341 g/mol. The van der Waals surface area contributed by atoms with E-state index in [1.54, 1.807) is 12.1 Å². The summed E-state index contributed by atoms with van der Waals surface area (Å²) in [6.07, 6.45) is 5.29. The molecule has 6 heteroatoms. The molecule has 0 radical (unpaired) electrons. The van der Waals surface area contributed by atoms with Crippen molar-refractivity contribution in [1.82, 2.24) is 4.90 Å². The van der Waals surface area contributed by atoms with E-state index < -0.39 is 0 Å². The molecule has 1 aromatic rings. The maximum absolute atomic E-state index is 14.0. The van der Waals surface area contributed by atoms with Gasteiger partial charge in [-0.15, -0.1) is 0 Å². The summed E-state index contributed by atoms with van der Waals surface area (Å²) >= 11 is 6.00. The molecule has 1 heterocycles. The first-order valence-electron chi connectivity index (χ1n) is 9.24. The minimum Gasteiger partial charge on any atom is -0.369 e. The second-order valence-corrected chi connectivity index (χ2v) is 7.77. The molecule has 138 valence electrons. The van der Waals surface area contributed by atoms with E-state index in [1.807, 2.05) is 0 Å². The van der Waals surface area contributed by atoms with Gasteiger partial charge in [-0.25, -0.2) is 4.39 Å². The molecule has 1 aliphatic heterocycles. The third-order valence-corrected chi connectivity index (χ3v) is 5.96. The fourth-order valence-corrected chi connectivity index (χ4v) is 4.21. The number of hydrogen-bond acceptors (Lipinski definition) is 3. The highest BCUT2D eigenvalue weighted by Crippen LogP contribution is 2.31. The Morgan fingerprint density at radius 2 is 1.84 bits per heavy atom. The van der Waals surface area contributed by atoms with E-state index in [4.69, 9.17) is 17.3 Å². The highest BCUT2D eigenvalue weighted by molar-refractivity contribution is 6.30. The smallest absolute Gasteiger partial charge is 0.220 e. The molecular formula is C19H27ClFN3O. The largest absolute Gasteiger partial charge is 0.369 e. The molecule has 0 spiro atoms. The topological polar surface area (TPSA) is 49.6 Å². The number of nitrogens with zero attached hydrogens (tertiary/aromatic N) is 2. The number of anilines is 1. The minimum atomic E-state index is -0.205. The fraction of sp³-hybridized carbons (Fsp3) is 0.632. The normalized spacial score (nSPS) is 25.1. The number of benzene rings is 1. The Kier molecular flexibility index (Phi) is 6.18. The Morgan fingerprint density at radius 1 is 1.16 bits per heavy atom. The fourth-order valence-electron chi connectivity index (χ4n) is 4.04. The van der Waals surface area contributed by atoms with E-state index in [1.165, 1.54) is 12.5 Å². The number of piperazine rings is 1. The van der Waals surface area contributed by atoms with E-state index in [-0.39, 0.29) is 17.6 Å². The molecule has 0 aromatic heterocycles. The molecule has 0 atom stereocenters. The second kappa shape index (κ2) is 8.37. The third-order valence-electron chi connectivity index (χ3n) is 5.72. The van der Waals surface area contributed by atoms with Gasteiger partial charge in [-0.2, -0.15) is 0 Å². The zero-order valence-corrected chi connectivity index (χ0v) is 15.3. The van der Waals surface area contributed by atoms with Crippen LogP contribution in [0.3, 0.4) is 0 Å². The van der Waals surface area contributed by atoms with Gasteiger partial charge in [0.2, 0.25) is 5.91 Å². The van der Waals surface area contributed by atoms with Crippen LogP contribution in [0.15, 0.2) is 18.2 Å². The number of halogens is 2. The summed E-state index contributed by atoms with van der Waals surface area (Å²) in [7, 11) is 0. The van der Waals surface area contributed by atoms with Crippen LogP contribution in [0.25, 0.3) is 0 Å². The quantitative estimate of drug-likeness (QED) is 0.868. The molecule has 2 fully saturated rings. The van der Waals surface area contributed by atoms with Gasteiger partial charge in [0.05, 0.1) is 5.69 Å². The van der Waals surface area contributed by atoms with Crippen LogP contribution in [0.4, 0.5) is 10.1 Å². The molecule has 0 unspecified atom stereocenters. The van der Waals surface area contributed by atoms with Gasteiger partial charge in [0, 0.05) is 37.1 Å². The van der Waals surface area contributed by atoms with Crippen molar-refractivity contribution in [3.63, 3.8) is 0 Å². The Bertz CT molecular complexity index is 596. The summed E-state index contributed by atoms with van der Waals surface area (Å²) in [6.45, 7) is 4.63. The summed E-state index contributed by atoms with van der Waals surface area (Å²) in [5.41, 5.74) is 6.01. The first-order valence-corrected chi connectivity index (χ1v) is 9.62. The van der Waals surface area contributed by atoms with Gasteiger partial charge in [-0.05, 0) is 62.8 Å². The maximum Gasteiger partial charge on any atom is 0.220 e. The number of primary amides is 1. The van der Waals surface area contributed by atoms with Crippen molar-refractivity contribution in [2.75, 3.05) is 37.6 Å². The third kappa shape index (κ3) is 4.85. The van der Waals surface area contributed by atoms with Crippen molar-refractivity contribution in [2.45, 2.75) is 32.1 Å². The zero-order chi connectivity index (χ0) is 17.8. The highest BCUT2D eigenvalue weighted by atomic mass is 35.5. The van der Waals surface area contributed by atoms with Crippen LogP contribution in [0.2, 0.25) is 5.02 Å². The molecule has 4 nitrogen and oxygen atoms in total. The number of amides is 1. The van der Waals surface area contributed by atoms with Crippen molar-refractivity contribution in [3.8, 4) is 0 Å². The summed E-state index contributed by atoms with van der Waals surface area (Å²) in [5.74, 6) is 0.457.